The summed E-state index contributed by atoms with van der Waals surface area (Å²) in [4.78, 5) is 33.7. The highest BCUT2D eigenvalue weighted by Gasteiger charge is 2.23. The van der Waals surface area contributed by atoms with Crippen LogP contribution in [0.5, 0.6) is 0 Å². The van der Waals surface area contributed by atoms with Crippen LogP contribution in [-0.2, 0) is 10.2 Å². The molecule has 0 bridgehead atoms. The van der Waals surface area contributed by atoms with Gasteiger partial charge >= 0.3 is 0 Å². The fraction of sp³-hybridized carbons (Fsp3) is 0.143. The number of nitrogens with zero attached hydrogens (tertiary/aromatic N) is 2. The molecule has 0 aliphatic carbocycles. The van der Waals surface area contributed by atoms with Crippen LogP contribution in [0, 0.1) is 0 Å². The summed E-state index contributed by atoms with van der Waals surface area (Å²) in [5.41, 5.74) is 11.1. The molecular formula is C28H27N5O2S. The first-order valence-corrected chi connectivity index (χ1v) is 12.2. The summed E-state index contributed by atoms with van der Waals surface area (Å²) in [5, 5.41) is 7.76. The zero-order chi connectivity index (χ0) is 25.7. The Morgan fingerprint density at radius 3 is 2.47 bits per heavy atom. The van der Waals surface area contributed by atoms with Crippen LogP contribution in [0.15, 0.2) is 90.7 Å². The first kappa shape index (κ1) is 24.8. The minimum absolute atomic E-state index is 0.178. The van der Waals surface area contributed by atoms with Crippen LogP contribution in [0.3, 0.4) is 0 Å². The minimum atomic E-state index is -0.478. The lowest BCUT2D eigenvalue weighted by Crippen LogP contribution is -2.33. The number of anilines is 1. The number of hydrogen-bond donors (Lipinski definition) is 3. The fourth-order valence-corrected chi connectivity index (χ4v) is 4.26. The average molecular weight is 498 g/mol. The number of thiazole rings is 1. The van der Waals surface area contributed by atoms with E-state index in [1.165, 1.54) is 11.3 Å². The molecule has 2 aromatic heterocycles. The van der Waals surface area contributed by atoms with Gasteiger partial charge in [-0.05, 0) is 47.0 Å². The van der Waals surface area contributed by atoms with E-state index >= 15 is 0 Å². The Hall–Kier alpha value is -4.30. The van der Waals surface area contributed by atoms with Crippen molar-refractivity contribution in [2.24, 2.45) is 5.73 Å². The van der Waals surface area contributed by atoms with Gasteiger partial charge in [-0.3, -0.25) is 14.6 Å². The molecule has 7 nitrogen and oxygen atoms in total. The molecule has 36 heavy (non-hydrogen) atoms. The Balaban J connectivity index is 1.37. The molecular weight excluding hydrogens is 470 g/mol. The molecule has 4 N–H and O–H groups in total. The van der Waals surface area contributed by atoms with Crippen LogP contribution in [0.25, 0.3) is 22.4 Å². The third-order valence-corrected chi connectivity index (χ3v) is 6.74. The third kappa shape index (κ3) is 5.67. The molecule has 2 aromatic carbocycles. The molecule has 0 fully saturated rings. The zero-order valence-corrected chi connectivity index (χ0v) is 20.9. The van der Waals surface area contributed by atoms with E-state index in [1.807, 2.05) is 61.7 Å². The largest absolute Gasteiger partial charge is 0.402 e. The number of nitrogens with two attached hydrogens (primary N) is 1. The molecule has 0 saturated carbocycles. The summed E-state index contributed by atoms with van der Waals surface area (Å²) >= 11 is 1.33. The second kappa shape index (κ2) is 10.5. The lowest BCUT2D eigenvalue weighted by Gasteiger charge is -2.25. The predicted molar refractivity (Wildman–Crippen MR) is 145 cm³/mol. The third-order valence-electron chi connectivity index (χ3n) is 5.98. The zero-order valence-electron chi connectivity index (χ0n) is 20.1. The molecule has 4 aromatic rings. The fourth-order valence-electron chi connectivity index (χ4n) is 3.53. The number of pyridine rings is 1. The molecule has 8 heteroatoms. The Bertz CT molecular complexity index is 1410. The van der Waals surface area contributed by atoms with Gasteiger partial charge in [-0.15, -0.1) is 11.3 Å². The molecule has 0 spiro atoms. The molecule has 0 unspecified atom stereocenters. The number of allylic oxidation sites excluding steroid dienone is 1. The highest BCUT2D eigenvalue weighted by molar-refractivity contribution is 7.14. The van der Waals surface area contributed by atoms with Crippen molar-refractivity contribution in [3.05, 3.63) is 102 Å². The van der Waals surface area contributed by atoms with E-state index < -0.39 is 5.41 Å². The van der Waals surface area contributed by atoms with Gasteiger partial charge in [0.15, 0.2) is 5.13 Å². The van der Waals surface area contributed by atoms with Gasteiger partial charge in [0.25, 0.3) is 5.91 Å². The molecule has 0 radical (unpaired) electrons. The van der Waals surface area contributed by atoms with Crippen LogP contribution in [0.1, 0.15) is 29.8 Å². The molecule has 4 rings (SSSR count). The monoisotopic (exact) mass is 497 g/mol. The van der Waals surface area contributed by atoms with E-state index in [-0.39, 0.29) is 18.4 Å². The summed E-state index contributed by atoms with van der Waals surface area (Å²) in [6.45, 7) is 7.54. The van der Waals surface area contributed by atoms with Crippen molar-refractivity contribution in [2.45, 2.75) is 19.3 Å². The number of nitrogens with one attached hydrogen (secondary N) is 2. The highest BCUT2D eigenvalue weighted by Crippen LogP contribution is 2.29. The second-order valence-corrected chi connectivity index (χ2v) is 9.67. The van der Waals surface area contributed by atoms with Gasteiger partial charge in [0, 0.05) is 40.0 Å². The van der Waals surface area contributed by atoms with E-state index in [4.69, 9.17) is 5.73 Å². The number of hydrogen-bond acceptors (Lipinski definition) is 6. The van der Waals surface area contributed by atoms with Gasteiger partial charge in [0.1, 0.15) is 0 Å². The van der Waals surface area contributed by atoms with E-state index in [0.29, 0.717) is 16.4 Å². The SMILES string of the molecule is C=C(N)C(C)(C)c1cccc(C(=O)NCC(=O)Nc2nc(-c3cccc(-c4ccncc4)c3)cs2)c1. The summed E-state index contributed by atoms with van der Waals surface area (Å²) < 4.78 is 0. The van der Waals surface area contributed by atoms with E-state index in [9.17, 15) is 9.59 Å². The van der Waals surface area contributed by atoms with E-state index in [1.54, 1.807) is 30.6 Å². The molecule has 0 aliphatic heterocycles. The number of carbonyl (C=O) groups is 2. The van der Waals surface area contributed by atoms with Crippen molar-refractivity contribution in [2.75, 3.05) is 11.9 Å². The van der Waals surface area contributed by atoms with Crippen LogP contribution in [0.4, 0.5) is 5.13 Å². The van der Waals surface area contributed by atoms with Crippen LogP contribution >= 0.6 is 11.3 Å². The standard InChI is InChI=1S/C28H27N5O2S/c1-18(29)28(2,3)23-9-5-8-22(15-23)26(35)31-16-25(34)33-27-32-24(17-36-27)21-7-4-6-20(14-21)19-10-12-30-13-11-19/h4-15,17H,1,16,29H2,2-3H3,(H,31,35)(H,32,33,34). The molecule has 0 saturated heterocycles. The van der Waals surface area contributed by atoms with Gasteiger partial charge in [-0.1, -0.05) is 50.8 Å². The van der Waals surface area contributed by atoms with E-state index in [2.05, 4.69) is 27.2 Å². The van der Waals surface area contributed by atoms with Crippen molar-refractivity contribution < 1.29 is 9.59 Å². The summed E-state index contributed by atoms with van der Waals surface area (Å²) in [6, 6.07) is 19.1. The van der Waals surface area contributed by atoms with Crippen molar-refractivity contribution in [1.82, 2.24) is 15.3 Å². The van der Waals surface area contributed by atoms with Crippen molar-refractivity contribution in [1.29, 1.82) is 0 Å². The van der Waals surface area contributed by atoms with Crippen LogP contribution < -0.4 is 16.4 Å². The smallest absolute Gasteiger partial charge is 0.251 e. The number of rotatable bonds is 8. The lowest BCUT2D eigenvalue weighted by atomic mass is 9.81. The Kier molecular flexibility index (Phi) is 7.26. The summed E-state index contributed by atoms with van der Waals surface area (Å²) in [7, 11) is 0. The molecule has 2 heterocycles. The maximum atomic E-state index is 12.6. The van der Waals surface area contributed by atoms with Gasteiger partial charge < -0.3 is 16.4 Å². The predicted octanol–water partition coefficient (Wildman–Crippen LogP) is 4.99. The number of benzene rings is 2. The lowest BCUT2D eigenvalue weighted by molar-refractivity contribution is -0.115. The quantitative estimate of drug-likeness (QED) is 0.318. The minimum Gasteiger partial charge on any atom is -0.402 e. The van der Waals surface area contributed by atoms with Crippen LogP contribution in [0.2, 0.25) is 0 Å². The van der Waals surface area contributed by atoms with Crippen LogP contribution in [-0.4, -0.2) is 28.3 Å². The molecule has 0 atom stereocenters. The van der Waals surface area contributed by atoms with Gasteiger partial charge in [-0.25, -0.2) is 4.98 Å². The van der Waals surface area contributed by atoms with Gasteiger partial charge in [0.05, 0.1) is 12.2 Å². The number of carbonyl (C=O) groups excluding carboxylic acids is 2. The average Bonchev–Trinajstić information content (AvgIpc) is 3.36. The van der Waals surface area contributed by atoms with Gasteiger partial charge in [0.2, 0.25) is 5.91 Å². The second-order valence-electron chi connectivity index (χ2n) is 8.82. The summed E-state index contributed by atoms with van der Waals surface area (Å²) in [5.74, 6) is -0.709. The molecule has 2 amide bonds. The van der Waals surface area contributed by atoms with Crippen molar-refractivity contribution in [3.8, 4) is 22.4 Å². The number of aromatic nitrogens is 2. The van der Waals surface area contributed by atoms with Crippen molar-refractivity contribution in [3.63, 3.8) is 0 Å². The van der Waals surface area contributed by atoms with E-state index in [0.717, 1.165) is 27.9 Å². The Morgan fingerprint density at radius 1 is 1.00 bits per heavy atom. The number of amides is 2. The van der Waals surface area contributed by atoms with Gasteiger partial charge in [-0.2, -0.15) is 0 Å². The highest BCUT2D eigenvalue weighted by atomic mass is 32.1. The Labute approximate surface area is 214 Å². The normalized spacial score (nSPS) is 11.1. The molecule has 0 aliphatic rings. The topological polar surface area (TPSA) is 110 Å². The Morgan fingerprint density at radius 2 is 1.72 bits per heavy atom. The molecule has 182 valence electrons. The first-order chi connectivity index (χ1) is 17.2. The maximum absolute atomic E-state index is 12.6. The maximum Gasteiger partial charge on any atom is 0.251 e. The van der Waals surface area contributed by atoms with Crippen molar-refractivity contribution >= 4 is 28.3 Å². The first-order valence-electron chi connectivity index (χ1n) is 11.3. The summed E-state index contributed by atoms with van der Waals surface area (Å²) in [6.07, 6.45) is 3.51.